The van der Waals surface area contributed by atoms with E-state index >= 15 is 0 Å². The molecule has 0 aromatic carbocycles. The lowest BCUT2D eigenvalue weighted by Crippen LogP contribution is -2.47. The lowest BCUT2D eigenvalue weighted by molar-refractivity contribution is -0.198. The zero-order valence-electron chi connectivity index (χ0n) is 13.3. The molecule has 1 aromatic heterocycles. The number of fused-ring (bicyclic) bond motifs is 2. The van der Waals surface area contributed by atoms with Crippen LogP contribution in [0.4, 0.5) is 0 Å². The Morgan fingerprint density at radius 2 is 2.12 bits per heavy atom. The average Bonchev–Trinajstić information content (AvgIpc) is 3.00. The highest BCUT2D eigenvalue weighted by atomic mass is 79.9. The van der Waals surface area contributed by atoms with Crippen molar-refractivity contribution in [2.24, 2.45) is 0 Å². The maximum absolute atomic E-state index is 12.1. The molecular weight excluding hydrogens is 404 g/mol. The minimum Gasteiger partial charge on any atom is -0.463 e. The Kier molecular flexibility index (Phi) is 4.56. The van der Waals surface area contributed by atoms with Crippen LogP contribution in [0.15, 0.2) is 20.3 Å². The number of carbonyl (C=O) groups excluding carboxylic acids is 2. The van der Waals surface area contributed by atoms with Gasteiger partial charge in [-0.3, -0.25) is 23.9 Å². The SMILES string of the molecule is CC(=O)OC[C@@]12CO[C@@H]([C@H](n3cc(Br)c(=O)[nH]c3=O)O1)[C@@H]2OC(C)=O. The van der Waals surface area contributed by atoms with Crippen molar-refractivity contribution in [1.29, 1.82) is 0 Å². The third-order valence-corrected chi connectivity index (χ3v) is 4.55. The summed E-state index contributed by atoms with van der Waals surface area (Å²) in [6, 6.07) is 0. The summed E-state index contributed by atoms with van der Waals surface area (Å²) in [7, 11) is 0. The third-order valence-electron chi connectivity index (χ3n) is 3.98. The number of hydrogen-bond acceptors (Lipinski definition) is 8. The molecule has 25 heavy (non-hydrogen) atoms. The largest absolute Gasteiger partial charge is 0.463 e. The molecule has 4 atom stereocenters. The van der Waals surface area contributed by atoms with Crippen molar-refractivity contribution in [3.63, 3.8) is 0 Å². The van der Waals surface area contributed by atoms with E-state index in [1.807, 2.05) is 0 Å². The Bertz CT molecular complexity index is 833. The van der Waals surface area contributed by atoms with Gasteiger partial charge in [0.1, 0.15) is 12.7 Å². The van der Waals surface area contributed by atoms with Gasteiger partial charge in [0.25, 0.3) is 5.56 Å². The number of aromatic nitrogens is 2. The lowest BCUT2D eigenvalue weighted by atomic mass is 10.00. The van der Waals surface area contributed by atoms with Crippen molar-refractivity contribution in [2.45, 2.75) is 37.9 Å². The number of carbonyl (C=O) groups is 2. The van der Waals surface area contributed by atoms with Crippen LogP contribution >= 0.6 is 15.9 Å². The highest BCUT2D eigenvalue weighted by Gasteiger charge is 2.65. The van der Waals surface area contributed by atoms with Crippen LogP contribution in [-0.4, -0.2) is 52.5 Å². The molecule has 136 valence electrons. The molecule has 11 heteroatoms. The molecule has 0 spiro atoms. The van der Waals surface area contributed by atoms with Gasteiger partial charge in [-0.15, -0.1) is 0 Å². The topological polar surface area (TPSA) is 126 Å². The second-order valence-electron chi connectivity index (χ2n) is 5.80. The van der Waals surface area contributed by atoms with Crippen molar-refractivity contribution in [2.75, 3.05) is 13.2 Å². The lowest BCUT2D eigenvalue weighted by Gasteiger charge is -2.30. The smallest absolute Gasteiger partial charge is 0.330 e. The second-order valence-corrected chi connectivity index (χ2v) is 6.66. The predicted molar refractivity (Wildman–Crippen MR) is 83.8 cm³/mol. The summed E-state index contributed by atoms with van der Waals surface area (Å²) in [6.45, 7) is 2.29. The molecule has 2 fully saturated rings. The van der Waals surface area contributed by atoms with E-state index in [0.717, 1.165) is 4.57 Å². The van der Waals surface area contributed by atoms with Crippen molar-refractivity contribution in [3.8, 4) is 0 Å². The molecule has 2 aliphatic heterocycles. The fourth-order valence-corrected chi connectivity index (χ4v) is 3.27. The van der Waals surface area contributed by atoms with E-state index in [1.54, 1.807) is 0 Å². The maximum Gasteiger partial charge on any atom is 0.330 e. The van der Waals surface area contributed by atoms with Crippen molar-refractivity contribution in [1.82, 2.24) is 9.55 Å². The molecule has 2 saturated heterocycles. The number of nitrogens with one attached hydrogen (secondary N) is 1. The fourth-order valence-electron chi connectivity index (χ4n) is 2.95. The monoisotopic (exact) mass is 418 g/mol. The number of esters is 2. The van der Waals surface area contributed by atoms with Gasteiger partial charge in [0, 0.05) is 20.0 Å². The average molecular weight is 419 g/mol. The van der Waals surface area contributed by atoms with Gasteiger partial charge in [-0.25, -0.2) is 4.79 Å². The summed E-state index contributed by atoms with van der Waals surface area (Å²) in [6.07, 6.45) is -1.36. The highest BCUT2D eigenvalue weighted by Crippen LogP contribution is 2.46. The zero-order chi connectivity index (χ0) is 18.4. The first-order valence-corrected chi connectivity index (χ1v) is 8.14. The molecule has 3 rings (SSSR count). The Balaban J connectivity index is 1.98. The van der Waals surface area contributed by atoms with E-state index in [-0.39, 0.29) is 17.7 Å². The van der Waals surface area contributed by atoms with Gasteiger partial charge in [-0.05, 0) is 15.9 Å². The number of ether oxygens (including phenoxy) is 4. The predicted octanol–water partition coefficient (Wildman–Crippen LogP) is -0.540. The molecule has 2 aliphatic rings. The number of aromatic amines is 1. The summed E-state index contributed by atoms with van der Waals surface area (Å²) in [5.74, 6) is -1.10. The van der Waals surface area contributed by atoms with Gasteiger partial charge >= 0.3 is 17.6 Å². The summed E-state index contributed by atoms with van der Waals surface area (Å²) >= 11 is 3.04. The van der Waals surface area contributed by atoms with Crippen molar-refractivity contribution < 1.29 is 28.5 Å². The van der Waals surface area contributed by atoms with E-state index in [2.05, 4.69) is 20.9 Å². The molecular formula is C14H15BrN2O8. The number of nitrogens with zero attached hydrogens (tertiary/aromatic N) is 1. The fraction of sp³-hybridized carbons (Fsp3) is 0.571. The summed E-state index contributed by atoms with van der Waals surface area (Å²) in [4.78, 5) is 48.4. The van der Waals surface area contributed by atoms with Crippen LogP contribution in [0.3, 0.4) is 0 Å². The van der Waals surface area contributed by atoms with Gasteiger partial charge < -0.3 is 18.9 Å². The molecule has 3 heterocycles. The van der Waals surface area contributed by atoms with Crippen molar-refractivity contribution >= 4 is 27.9 Å². The van der Waals surface area contributed by atoms with Gasteiger partial charge in [0.15, 0.2) is 17.9 Å². The molecule has 0 amide bonds. The molecule has 10 nitrogen and oxygen atoms in total. The first-order chi connectivity index (χ1) is 11.7. The minimum atomic E-state index is -1.23. The molecule has 1 aromatic rings. The van der Waals surface area contributed by atoms with Gasteiger partial charge in [0.2, 0.25) is 0 Å². The molecule has 0 radical (unpaired) electrons. The number of halogens is 1. The van der Waals surface area contributed by atoms with E-state index in [9.17, 15) is 19.2 Å². The van der Waals surface area contributed by atoms with Crippen LogP contribution in [0.25, 0.3) is 0 Å². The Morgan fingerprint density at radius 1 is 1.40 bits per heavy atom. The second kappa shape index (κ2) is 6.39. The van der Waals surface area contributed by atoms with Crippen LogP contribution in [0, 0.1) is 0 Å². The van der Waals surface area contributed by atoms with E-state index in [4.69, 9.17) is 18.9 Å². The van der Waals surface area contributed by atoms with Crippen LogP contribution in [0.1, 0.15) is 20.1 Å². The number of rotatable bonds is 4. The first kappa shape index (κ1) is 17.8. The standard InChI is InChI=1S/C14H15BrN2O8/c1-6(18)22-4-14-5-23-9(10(14)24-7(2)19)12(25-14)17-3-8(15)11(20)16-13(17)21/h3,9-10,12H,4-5H2,1-2H3,(H,16,20,21)/t9-,10+,12-,14+/m1/s1. The maximum atomic E-state index is 12.1. The van der Waals surface area contributed by atoms with E-state index < -0.39 is 47.2 Å². The Morgan fingerprint density at radius 3 is 2.76 bits per heavy atom. The van der Waals surface area contributed by atoms with Gasteiger partial charge in [-0.2, -0.15) is 0 Å². The minimum absolute atomic E-state index is 0.0265. The van der Waals surface area contributed by atoms with Crippen molar-refractivity contribution in [3.05, 3.63) is 31.5 Å². The van der Waals surface area contributed by atoms with E-state index in [1.165, 1.54) is 20.0 Å². The molecule has 0 aliphatic carbocycles. The number of H-pyrrole nitrogens is 1. The van der Waals surface area contributed by atoms with Crippen LogP contribution in [0.5, 0.6) is 0 Å². The Hall–Kier alpha value is -1.98. The Labute approximate surface area is 149 Å². The summed E-state index contributed by atoms with van der Waals surface area (Å²) < 4.78 is 23.1. The summed E-state index contributed by atoms with van der Waals surface area (Å²) in [5, 5.41) is 0. The van der Waals surface area contributed by atoms with Crippen LogP contribution in [0.2, 0.25) is 0 Å². The van der Waals surface area contributed by atoms with Crippen LogP contribution in [-0.2, 0) is 28.5 Å². The first-order valence-electron chi connectivity index (χ1n) is 7.34. The molecule has 0 unspecified atom stereocenters. The molecule has 1 N–H and O–H groups in total. The summed E-state index contributed by atoms with van der Waals surface area (Å²) in [5.41, 5.74) is -2.52. The zero-order valence-corrected chi connectivity index (χ0v) is 14.9. The normalized spacial score (nSPS) is 30.3. The third kappa shape index (κ3) is 3.14. The highest BCUT2D eigenvalue weighted by molar-refractivity contribution is 9.10. The molecule has 2 bridgehead atoms. The van der Waals surface area contributed by atoms with Crippen LogP contribution < -0.4 is 11.2 Å². The number of hydrogen-bond donors (Lipinski definition) is 1. The van der Waals surface area contributed by atoms with Gasteiger partial charge in [-0.1, -0.05) is 0 Å². The van der Waals surface area contributed by atoms with Gasteiger partial charge in [0.05, 0.1) is 11.1 Å². The van der Waals surface area contributed by atoms with E-state index in [0.29, 0.717) is 0 Å². The molecule has 0 saturated carbocycles. The quantitative estimate of drug-likeness (QED) is 0.646.